The topological polar surface area (TPSA) is 9.23 Å². The monoisotopic (exact) mass is 356 g/mol. The SMILES string of the molecule is FC(F)(F)c1ccccc1C(Br)c1ccc2c(c1)COC2. The molecule has 1 heterocycles. The summed E-state index contributed by atoms with van der Waals surface area (Å²) in [6.45, 7) is 1.09. The van der Waals surface area contributed by atoms with Crippen LogP contribution in [0, 0.1) is 0 Å². The van der Waals surface area contributed by atoms with Crippen molar-refractivity contribution in [1.82, 2.24) is 0 Å². The van der Waals surface area contributed by atoms with E-state index in [0.29, 0.717) is 13.2 Å². The van der Waals surface area contributed by atoms with Gasteiger partial charge in [-0.25, -0.2) is 0 Å². The fourth-order valence-corrected chi connectivity index (χ4v) is 3.19. The molecule has 5 heteroatoms. The maximum atomic E-state index is 13.1. The summed E-state index contributed by atoms with van der Waals surface area (Å²) in [5.74, 6) is 0. The Morgan fingerprint density at radius 2 is 1.71 bits per heavy atom. The lowest BCUT2D eigenvalue weighted by Crippen LogP contribution is -2.10. The molecule has 1 aliphatic rings. The van der Waals surface area contributed by atoms with Crippen LogP contribution in [0.15, 0.2) is 42.5 Å². The van der Waals surface area contributed by atoms with E-state index in [1.54, 1.807) is 6.07 Å². The normalized spacial score (nSPS) is 15.8. The largest absolute Gasteiger partial charge is 0.416 e. The molecule has 21 heavy (non-hydrogen) atoms. The summed E-state index contributed by atoms with van der Waals surface area (Å²) in [4.78, 5) is -0.499. The fourth-order valence-electron chi connectivity index (χ4n) is 2.51. The van der Waals surface area contributed by atoms with Crippen LogP contribution in [0.3, 0.4) is 0 Å². The zero-order chi connectivity index (χ0) is 15.0. The number of ether oxygens (including phenoxy) is 1. The molecule has 0 N–H and O–H groups in total. The lowest BCUT2D eigenvalue weighted by molar-refractivity contribution is -0.138. The summed E-state index contributed by atoms with van der Waals surface area (Å²) in [5, 5.41) is 0. The minimum Gasteiger partial charge on any atom is -0.372 e. The lowest BCUT2D eigenvalue weighted by Gasteiger charge is -2.18. The summed E-state index contributed by atoms with van der Waals surface area (Å²) in [6.07, 6.45) is -4.36. The number of alkyl halides is 4. The average molecular weight is 357 g/mol. The molecule has 1 atom stereocenters. The van der Waals surface area contributed by atoms with Crippen molar-refractivity contribution in [2.45, 2.75) is 24.2 Å². The standard InChI is InChI=1S/C16H12BrF3O/c17-15(10-5-6-11-8-21-9-12(11)7-10)13-3-1-2-4-14(13)16(18,19)20/h1-7,15H,8-9H2. The van der Waals surface area contributed by atoms with Crippen LogP contribution >= 0.6 is 15.9 Å². The van der Waals surface area contributed by atoms with E-state index in [-0.39, 0.29) is 5.56 Å². The number of benzene rings is 2. The maximum absolute atomic E-state index is 13.1. The van der Waals surface area contributed by atoms with E-state index in [2.05, 4.69) is 15.9 Å². The molecule has 2 aromatic rings. The second kappa shape index (κ2) is 5.46. The van der Waals surface area contributed by atoms with Crippen molar-refractivity contribution in [3.8, 4) is 0 Å². The molecule has 1 nitrogen and oxygen atoms in total. The smallest absolute Gasteiger partial charge is 0.372 e. The Labute approximate surface area is 128 Å². The van der Waals surface area contributed by atoms with Gasteiger partial charge in [-0.15, -0.1) is 0 Å². The average Bonchev–Trinajstić information content (AvgIpc) is 2.93. The summed E-state index contributed by atoms with van der Waals surface area (Å²) >= 11 is 3.40. The number of halogens is 4. The highest BCUT2D eigenvalue weighted by Gasteiger charge is 2.34. The molecule has 0 spiro atoms. The van der Waals surface area contributed by atoms with Crippen LogP contribution in [0.1, 0.15) is 32.6 Å². The van der Waals surface area contributed by atoms with Gasteiger partial charge in [0, 0.05) is 0 Å². The molecule has 3 rings (SSSR count). The van der Waals surface area contributed by atoms with Gasteiger partial charge in [-0.1, -0.05) is 52.3 Å². The van der Waals surface area contributed by atoms with Crippen molar-refractivity contribution in [2.75, 3.05) is 0 Å². The van der Waals surface area contributed by atoms with Gasteiger partial charge in [0.15, 0.2) is 0 Å². The molecular weight excluding hydrogens is 345 g/mol. The predicted molar refractivity (Wildman–Crippen MR) is 77.1 cm³/mol. The van der Waals surface area contributed by atoms with E-state index in [0.717, 1.165) is 22.8 Å². The van der Waals surface area contributed by atoms with E-state index >= 15 is 0 Å². The highest BCUT2D eigenvalue weighted by atomic mass is 79.9. The number of fused-ring (bicyclic) bond motifs is 1. The van der Waals surface area contributed by atoms with Crippen LogP contribution < -0.4 is 0 Å². The minimum atomic E-state index is -4.36. The molecule has 0 saturated heterocycles. The first-order chi connectivity index (χ1) is 9.97. The zero-order valence-corrected chi connectivity index (χ0v) is 12.5. The Balaban J connectivity index is 2.01. The van der Waals surface area contributed by atoms with Crippen LogP contribution in [-0.2, 0) is 24.1 Å². The molecular formula is C16H12BrF3O. The van der Waals surface area contributed by atoms with Gasteiger partial charge in [-0.3, -0.25) is 0 Å². The van der Waals surface area contributed by atoms with Gasteiger partial charge in [0.25, 0.3) is 0 Å². The van der Waals surface area contributed by atoms with Crippen LogP contribution in [0.4, 0.5) is 13.2 Å². The first kappa shape index (κ1) is 14.6. The summed E-state index contributed by atoms with van der Waals surface area (Å²) < 4.78 is 44.6. The highest BCUT2D eigenvalue weighted by Crippen LogP contribution is 2.40. The van der Waals surface area contributed by atoms with Gasteiger partial charge in [0.2, 0.25) is 0 Å². The van der Waals surface area contributed by atoms with Crippen LogP contribution in [-0.4, -0.2) is 0 Å². The van der Waals surface area contributed by atoms with Crippen molar-refractivity contribution >= 4 is 15.9 Å². The van der Waals surface area contributed by atoms with Gasteiger partial charge in [0.1, 0.15) is 0 Å². The summed E-state index contributed by atoms with van der Waals surface area (Å²) in [5.41, 5.74) is 2.56. The van der Waals surface area contributed by atoms with Crippen molar-refractivity contribution in [3.05, 3.63) is 70.3 Å². The number of hydrogen-bond donors (Lipinski definition) is 0. The Hall–Kier alpha value is -1.33. The molecule has 0 amide bonds. The Kier molecular flexibility index (Phi) is 3.80. The maximum Gasteiger partial charge on any atom is 0.416 e. The van der Waals surface area contributed by atoms with Crippen LogP contribution in [0.2, 0.25) is 0 Å². The molecule has 110 valence electrons. The molecule has 0 aliphatic carbocycles. The molecule has 0 bridgehead atoms. The minimum absolute atomic E-state index is 0.226. The fraction of sp³-hybridized carbons (Fsp3) is 0.250. The second-order valence-corrected chi connectivity index (χ2v) is 5.88. The molecule has 1 unspecified atom stereocenters. The number of hydrogen-bond acceptors (Lipinski definition) is 1. The Morgan fingerprint density at radius 1 is 1.00 bits per heavy atom. The highest BCUT2D eigenvalue weighted by molar-refractivity contribution is 9.09. The third-order valence-electron chi connectivity index (χ3n) is 3.58. The predicted octanol–water partition coefficient (Wildman–Crippen LogP) is 5.22. The number of rotatable bonds is 2. The molecule has 1 aliphatic heterocycles. The molecule has 0 saturated carbocycles. The van der Waals surface area contributed by atoms with E-state index < -0.39 is 16.6 Å². The van der Waals surface area contributed by atoms with E-state index in [1.807, 2.05) is 18.2 Å². The summed E-state index contributed by atoms with van der Waals surface area (Å²) in [7, 11) is 0. The first-order valence-electron chi connectivity index (χ1n) is 6.46. The zero-order valence-electron chi connectivity index (χ0n) is 11.0. The van der Waals surface area contributed by atoms with Crippen molar-refractivity contribution in [3.63, 3.8) is 0 Å². The van der Waals surface area contributed by atoms with Crippen molar-refractivity contribution < 1.29 is 17.9 Å². The van der Waals surface area contributed by atoms with Gasteiger partial charge in [0.05, 0.1) is 23.6 Å². The van der Waals surface area contributed by atoms with E-state index in [9.17, 15) is 13.2 Å². The third-order valence-corrected chi connectivity index (χ3v) is 4.60. The van der Waals surface area contributed by atoms with Crippen LogP contribution in [0.25, 0.3) is 0 Å². The molecule has 0 radical (unpaired) electrons. The quantitative estimate of drug-likeness (QED) is 0.670. The molecule has 0 fully saturated rings. The van der Waals surface area contributed by atoms with Gasteiger partial charge >= 0.3 is 6.18 Å². The Morgan fingerprint density at radius 3 is 2.48 bits per heavy atom. The van der Waals surface area contributed by atoms with Crippen LogP contribution in [0.5, 0.6) is 0 Å². The van der Waals surface area contributed by atoms with Crippen molar-refractivity contribution in [1.29, 1.82) is 0 Å². The summed E-state index contributed by atoms with van der Waals surface area (Å²) in [6, 6.07) is 11.3. The van der Waals surface area contributed by atoms with E-state index in [4.69, 9.17) is 4.74 Å². The molecule has 0 aromatic heterocycles. The molecule has 2 aromatic carbocycles. The van der Waals surface area contributed by atoms with Gasteiger partial charge in [-0.2, -0.15) is 13.2 Å². The Bertz CT molecular complexity index is 667. The van der Waals surface area contributed by atoms with E-state index in [1.165, 1.54) is 12.1 Å². The van der Waals surface area contributed by atoms with Gasteiger partial charge < -0.3 is 4.74 Å². The second-order valence-electron chi connectivity index (χ2n) is 4.97. The first-order valence-corrected chi connectivity index (χ1v) is 7.38. The van der Waals surface area contributed by atoms with Crippen molar-refractivity contribution in [2.24, 2.45) is 0 Å². The van der Waals surface area contributed by atoms with Gasteiger partial charge in [-0.05, 0) is 28.3 Å². The lowest BCUT2D eigenvalue weighted by atomic mass is 9.97. The third kappa shape index (κ3) is 2.85.